The van der Waals surface area contributed by atoms with Crippen LogP contribution in [0.25, 0.3) is 11.3 Å². The molecule has 0 saturated heterocycles. The number of carbonyl (C=O) groups excluding carboxylic acids is 1. The predicted octanol–water partition coefficient (Wildman–Crippen LogP) is 2.70. The molecule has 3 aromatic rings. The lowest BCUT2D eigenvalue weighted by Crippen LogP contribution is -2.29. The molecule has 1 aromatic heterocycles. The first-order valence-electron chi connectivity index (χ1n) is 7.84. The summed E-state index contributed by atoms with van der Waals surface area (Å²) in [6.07, 6.45) is 0. The lowest BCUT2D eigenvalue weighted by atomic mass is 10.1. The maximum atomic E-state index is 14.2. The highest BCUT2D eigenvalue weighted by Gasteiger charge is 2.12. The van der Waals surface area contributed by atoms with E-state index in [1.807, 2.05) is 6.07 Å². The van der Waals surface area contributed by atoms with Crippen molar-refractivity contribution in [2.24, 2.45) is 0 Å². The Morgan fingerprint density at radius 2 is 1.92 bits per heavy atom. The third kappa shape index (κ3) is 3.94. The number of aromatic nitrogens is 2. The van der Waals surface area contributed by atoms with Crippen LogP contribution in [0.5, 0.6) is 5.75 Å². The van der Waals surface area contributed by atoms with Gasteiger partial charge in [-0.2, -0.15) is 5.10 Å². The van der Waals surface area contributed by atoms with Crippen LogP contribution in [0.2, 0.25) is 0 Å². The van der Waals surface area contributed by atoms with Gasteiger partial charge in [0.1, 0.15) is 18.1 Å². The van der Waals surface area contributed by atoms with Crippen molar-refractivity contribution in [1.29, 1.82) is 0 Å². The van der Waals surface area contributed by atoms with Gasteiger partial charge in [0, 0.05) is 23.4 Å². The van der Waals surface area contributed by atoms with Crippen LogP contribution in [-0.4, -0.2) is 22.8 Å². The van der Waals surface area contributed by atoms with Gasteiger partial charge < -0.3 is 10.1 Å². The summed E-state index contributed by atoms with van der Waals surface area (Å²) in [5.74, 6) is -0.559. The number of methoxy groups -OCH3 is 1. The molecule has 3 rings (SSSR count). The normalized spacial score (nSPS) is 10.4. The minimum Gasteiger partial charge on any atom is -0.497 e. The summed E-state index contributed by atoms with van der Waals surface area (Å²) < 4.78 is 20.2. The molecule has 0 saturated carbocycles. The number of carbonyl (C=O) groups is 1. The SMILES string of the molecule is COc1ccc(-c2ccc(=O)n(CC(=O)Nc3ccccc3)n2)c(F)c1. The van der Waals surface area contributed by atoms with Gasteiger partial charge in [-0.1, -0.05) is 18.2 Å². The number of amides is 1. The largest absolute Gasteiger partial charge is 0.497 e. The van der Waals surface area contributed by atoms with Crippen LogP contribution in [0.15, 0.2) is 65.5 Å². The molecule has 1 N–H and O–H groups in total. The van der Waals surface area contributed by atoms with Crippen LogP contribution in [0.1, 0.15) is 0 Å². The predicted molar refractivity (Wildman–Crippen MR) is 95.5 cm³/mol. The highest BCUT2D eigenvalue weighted by atomic mass is 19.1. The van der Waals surface area contributed by atoms with Crippen LogP contribution >= 0.6 is 0 Å². The van der Waals surface area contributed by atoms with E-state index in [1.165, 1.54) is 31.4 Å². The molecule has 0 aliphatic rings. The summed E-state index contributed by atoms with van der Waals surface area (Å²) >= 11 is 0. The van der Waals surface area contributed by atoms with Crippen LogP contribution in [-0.2, 0) is 11.3 Å². The number of para-hydroxylation sites is 1. The third-order valence-electron chi connectivity index (χ3n) is 3.67. The van der Waals surface area contributed by atoms with E-state index in [1.54, 1.807) is 30.3 Å². The Morgan fingerprint density at radius 1 is 1.15 bits per heavy atom. The summed E-state index contributed by atoms with van der Waals surface area (Å²) in [4.78, 5) is 24.1. The van der Waals surface area contributed by atoms with Gasteiger partial charge in [-0.3, -0.25) is 9.59 Å². The van der Waals surface area contributed by atoms with Crippen molar-refractivity contribution in [3.63, 3.8) is 0 Å². The molecule has 6 nitrogen and oxygen atoms in total. The van der Waals surface area contributed by atoms with E-state index in [0.717, 1.165) is 4.68 Å². The second-order valence-corrected chi connectivity index (χ2v) is 5.47. The lowest BCUT2D eigenvalue weighted by molar-refractivity contribution is -0.117. The molecule has 26 heavy (non-hydrogen) atoms. The van der Waals surface area contributed by atoms with Gasteiger partial charge in [0.15, 0.2) is 0 Å². The molecule has 1 heterocycles. The molecule has 0 aliphatic heterocycles. The number of ether oxygens (including phenoxy) is 1. The third-order valence-corrected chi connectivity index (χ3v) is 3.67. The van der Waals surface area contributed by atoms with Gasteiger partial charge in [-0.15, -0.1) is 0 Å². The van der Waals surface area contributed by atoms with Crippen LogP contribution < -0.4 is 15.6 Å². The summed E-state index contributed by atoms with van der Waals surface area (Å²) in [6, 6.07) is 15.9. The van der Waals surface area contributed by atoms with Gasteiger partial charge in [0.25, 0.3) is 5.56 Å². The second-order valence-electron chi connectivity index (χ2n) is 5.47. The summed E-state index contributed by atoms with van der Waals surface area (Å²) in [5, 5.41) is 6.78. The standard InChI is InChI=1S/C19H16FN3O3/c1-26-14-7-8-15(16(20)11-14)17-9-10-19(25)23(22-17)12-18(24)21-13-5-3-2-4-6-13/h2-11H,12H2,1H3,(H,21,24). The number of rotatable bonds is 5. The number of nitrogens with zero attached hydrogens (tertiary/aromatic N) is 2. The molecule has 0 bridgehead atoms. The Morgan fingerprint density at radius 3 is 2.62 bits per heavy atom. The molecule has 1 amide bonds. The fraction of sp³-hybridized carbons (Fsp3) is 0.105. The van der Waals surface area contributed by atoms with Gasteiger partial charge in [0.05, 0.1) is 12.8 Å². The Kier molecular flexibility index (Phi) is 5.07. The molecule has 0 atom stereocenters. The molecular weight excluding hydrogens is 337 g/mol. The number of benzene rings is 2. The highest BCUT2D eigenvalue weighted by molar-refractivity contribution is 5.90. The maximum Gasteiger partial charge on any atom is 0.267 e. The van der Waals surface area contributed by atoms with Crippen molar-refractivity contribution in [2.45, 2.75) is 6.54 Å². The second kappa shape index (κ2) is 7.60. The number of anilines is 1. The molecule has 0 aliphatic carbocycles. The average Bonchev–Trinajstić information content (AvgIpc) is 2.64. The van der Waals surface area contributed by atoms with Crippen molar-refractivity contribution < 1.29 is 13.9 Å². The smallest absolute Gasteiger partial charge is 0.267 e. The maximum absolute atomic E-state index is 14.2. The molecule has 7 heteroatoms. The minimum atomic E-state index is -0.532. The highest BCUT2D eigenvalue weighted by Crippen LogP contribution is 2.24. The number of nitrogens with one attached hydrogen (secondary N) is 1. The van der Waals surface area contributed by atoms with Gasteiger partial charge >= 0.3 is 0 Å². The van der Waals surface area contributed by atoms with Gasteiger partial charge in [0.2, 0.25) is 5.91 Å². The van der Waals surface area contributed by atoms with E-state index >= 15 is 0 Å². The van der Waals surface area contributed by atoms with E-state index in [9.17, 15) is 14.0 Å². The zero-order valence-electron chi connectivity index (χ0n) is 14.0. The van der Waals surface area contributed by atoms with E-state index in [-0.39, 0.29) is 17.8 Å². The average molecular weight is 353 g/mol. The van der Waals surface area contributed by atoms with E-state index in [4.69, 9.17) is 4.74 Å². The Labute approximate surface area is 148 Å². The fourth-order valence-electron chi connectivity index (χ4n) is 2.39. The molecule has 132 valence electrons. The van der Waals surface area contributed by atoms with E-state index < -0.39 is 17.3 Å². The monoisotopic (exact) mass is 353 g/mol. The van der Waals surface area contributed by atoms with Gasteiger partial charge in [-0.25, -0.2) is 9.07 Å². The zero-order chi connectivity index (χ0) is 18.5. The summed E-state index contributed by atoms with van der Waals surface area (Å²) in [5.41, 5.74) is 0.620. The molecule has 0 fully saturated rings. The quantitative estimate of drug-likeness (QED) is 0.765. The van der Waals surface area contributed by atoms with Crippen LogP contribution in [0, 0.1) is 5.82 Å². The molecule has 0 radical (unpaired) electrons. The van der Waals surface area contributed by atoms with Crippen LogP contribution in [0.3, 0.4) is 0 Å². The van der Waals surface area contributed by atoms with E-state index in [2.05, 4.69) is 10.4 Å². The first-order chi connectivity index (χ1) is 12.6. The van der Waals surface area contributed by atoms with Crippen LogP contribution in [0.4, 0.5) is 10.1 Å². The van der Waals surface area contributed by atoms with Crippen molar-refractivity contribution in [3.8, 4) is 17.0 Å². The zero-order valence-corrected chi connectivity index (χ0v) is 14.0. The summed E-state index contributed by atoms with van der Waals surface area (Å²) in [6.45, 7) is -0.278. The van der Waals surface area contributed by atoms with Gasteiger partial charge in [-0.05, 0) is 30.3 Å². The lowest BCUT2D eigenvalue weighted by Gasteiger charge is -2.09. The molecular formula is C19H16FN3O3. The first-order valence-corrected chi connectivity index (χ1v) is 7.84. The van der Waals surface area contributed by atoms with Crippen molar-refractivity contribution in [1.82, 2.24) is 9.78 Å². The fourth-order valence-corrected chi connectivity index (χ4v) is 2.39. The van der Waals surface area contributed by atoms with E-state index in [0.29, 0.717) is 11.4 Å². The van der Waals surface area contributed by atoms with Crippen molar-refractivity contribution in [3.05, 3.63) is 76.8 Å². The Bertz CT molecular complexity index is 987. The Hall–Kier alpha value is -3.48. The number of hydrogen-bond acceptors (Lipinski definition) is 4. The minimum absolute atomic E-state index is 0.211. The summed E-state index contributed by atoms with van der Waals surface area (Å²) in [7, 11) is 1.44. The topological polar surface area (TPSA) is 73.2 Å². The van der Waals surface area contributed by atoms with Crippen molar-refractivity contribution in [2.75, 3.05) is 12.4 Å². The molecule has 0 spiro atoms. The first kappa shape index (κ1) is 17.3. The number of halogens is 1. The van der Waals surface area contributed by atoms with Crippen molar-refractivity contribution >= 4 is 11.6 Å². The Balaban J connectivity index is 1.84. The molecule has 2 aromatic carbocycles. The number of hydrogen-bond donors (Lipinski definition) is 1. The molecule has 0 unspecified atom stereocenters.